The fourth-order valence-electron chi connectivity index (χ4n) is 1.73. The molecule has 0 aliphatic rings. The van der Waals surface area contributed by atoms with Crippen LogP contribution in [0.4, 0.5) is 8.78 Å². The van der Waals surface area contributed by atoms with E-state index < -0.39 is 17.0 Å². The second-order valence-electron chi connectivity index (χ2n) is 4.15. The van der Waals surface area contributed by atoms with Crippen LogP contribution in [0.15, 0.2) is 30.3 Å². The average Bonchev–Trinajstić information content (AvgIpc) is 2.36. The fraction of sp³-hybridized carbons (Fsp3) is 0.143. The fourth-order valence-corrected chi connectivity index (χ4v) is 3.09. The van der Waals surface area contributed by atoms with E-state index in [0.29, 0.717) is 10.6 Å². The summed E-state index contributed by atoms with van der Waals surface area (Å²) in [5.74, 6) is -0.992. The van der Waals surface area contributed by atoms with E-state index in [-0.39, 0.29) is 11.1 Å². The molecule has 2 rings (SSSR count). The third kappa shape index (κ3) is 3.20. The van der Waals surface area contributed by atoms with Crippen LogP contribution in [0, 0.1) is 22.1 Å². The first kappa shape index (κ1) is 15.0. The molecule has 0 spiro atoms. The van der Waals surface area contributed by atoms with E-state index in [1.807, 2.05) is 0 Å². The lowest BCUT2D eigenvalue weighted by molar-refractivity contribution is 0.580. The van der Waals surface area contributed by atoms with Crippen molar-refractivity contribution in [3.8, 4) is 0 Å². The molecule has 0 aromatic heterocycles. The lowest BCUT2D eigenvalue weighted by atomic mass is 10.0. The Labute approximate surface area is 133 Å². The minimum absolute atomic E-state index is 0.116. The van der Waals surface area contributed by atoms with Crippen molar-refractivity contribution in [1.82, 2.24) is 0 Å². The topological polar surface area (TPSA) is 0 Å². The lowest BCUT2D eigenvalue weighted by Gasteiger charge is -2.14. The molecule has 2 aromatic rings. The second kappa shape index (κ2) is 5.94. The summed E-state index contributed by atoms with van der Waals surface area (Å²) in [7, 11) is 0. The molecule has 0 aliphatic carbocycles. The Morgan fingerprint density at radius 2 is 1.74 bits per heavy atom. The second-order valence-corrected chi connectivity index (χ2v) is 6.19. The molecule has 19 heavy (non-hydrogen) atoms. The summed E-state index contributed by atoms with van der Waals surface area (Å²) >= 11 is 14.3. The van der Waals surface area contributed by atoms with Crippen molar-refractivity contribution in [2.24, 2.45) is 0 Å². The Bertz CT molecular complexity index is 629. The summed E-state index contributed by atoms with van der Waals surface area (Å²) in [5.41, 5.74) is 1.03. The van der Waals surface area contributed by atoms with Gasteiger partial charge in [0.1, 0.15) is 11.6 Å². The van der Waals surface area contributed by atoms with E-state index in [0.717, 1.165) is 15.7 Å². The van der Waals surface area contributed by atoms with Crippen molar-refractivity contribution in [1.29, 1.82) is 0 Å². The van der Waals surface area contributed by atoms with Crippen LogP contribution in [0.5, 0.6) is 0 Å². The summed E-state index contributed by atoms with van der Waals surface area (Å²) in [6.45, 7) is 1.51. The molecule has 0 saturated carbocycles. The maximum absolute atomic E-state index is 13.9. The number of hydrogen-bond acceptors (Lipinski definition) is 0. The monoisotopic (exact) mass is 412 g/mol. The van der Waals surface area contributed by atoms with Gasteiger partial charge in [0.2, 0.25) is 0 Å². The summed E-state index contributed by atoms with van der Waals surface area (Å²) in [6, 6.07) is 7.47. The van der Waals surface area contributed by atoms with Gasteiger partial charge in [-0.05, 0) is 71.0 Å². The van der Waals surface area contributed by atoms with Crippen LogP contribution < -0.4 is 0 Å². The van der Waals surface area contributed by atoms with Gasteiger partial charge in [-0.15, -0.1) is 11.6 Å². The summed E-state index contributed by atoms with van der Waals surface area (Å²) < 4.78 is 28.3. The number of benzene rings is 2. The van der Waals surface area contributed by atoms with Crippen LogP contribution in [-0.4, -0.2) is 0 Å². The highest BCUT2D eigenvalue weighted by Crippen LogP contribution is 2.35. The molecule has 0 fully saturated rings. The molecule has 0 saturated heterocycles. The third-order valence-corrected chi connectivity index (χ3v) is 4.47. The van der Waals surface area contributed by atoms with E-state index in [1.54, 1.807) is 18.2 Å². The number of halogens is 5. The zero-order valence-corrected chi connectivity index (χ0v) is 13.5. The summed E-state index contributed by atoms with van der Waals surface area (Å²) in [4.78, 5) is 0. The normalized spacial score (nSPS) is 12.5. The van der Waals surface area contributed by atoms with Crippen molar-refractivity contribution in [2.45, 2.75) is 12.3 Å². The van der Waals surface area contributed by atoms with Crippen LogP contribution in [-0.2, 0) is 0 Å². The van der Waals surface area contributed by atoms with Gasteiger partial charge in [-0.25, -0.2) is 8.78 Å². The molecular weight excluding hydrogens is 404 g/mol. The number of aryl methyl sites for hydroxylation is 1. The Balaban J connectivity index is 2.52. The molecule has 0 N–H and O–H groups in total. The number of rotatable bonds is 2. The van der Waals surface area contributed by atoms with Gasteiger partial charge < -0.3 is 0 Å². The molecule has 0 bridgehead atoms. The van der Waals surface area contributed by atoms with Gasteiger partial charge in [0.15, 0.2) is 0 Å². The standard InChI is InChI=1S/C14H9Cl2F2I/c1-7-4-12(18)9(6-11(7)17)14(16)10-5-8(15)2-3-13(10)19/h2-6,14H,1H3. The zero-order valence-electron chi connectivity index (χ0n) is 9.85. The molecule has 0 aliphatic heterocycles. The third-order valence-electron chi connectivity index (χ3n) is 2.78. The summed E-state index contributed by atoms with van der Waals surface area (Å²) in [5, 5.41) is -0.269. The SMILES string of the molecule is Cc1cc(F)c(C(Cl)c2cc(Cl)ccc2I)cc1F. The predicted octanol–water partition coefficient (Wildman–Crippen LogP) is 5.86. The molecule has 2 aromatic carbocycles. The van der Waals surface area contributed by atoms with Gasteiger partial charge in [-0.3, -0.25) is 0 Å². The zero-order chi connectivity index (χ0) is 14.2. The Hall–Kier alpha value is -0.390. The van der Waals surface area contributed by atoms with E-state index in [2.05, 4.69) is 22.6 Å². The van der Waals surface area contributed by atoms with Crippen LogP contribution in [0.2, 0.25) is 5.02 Å². The van der Waals surface area contributed by atoms with Gasteiger partial charge in [0.05, 0.1) is 5.38 Å². The van der Waals surface area contributed by atoms with Gasteiger partial charge >= 0.3 is 0 Å². The molecule has 100 valence electrons. The van der Waals surface area contributed by atoms with Gasteiger partial charge in [-0.2, -0.15) is 0 Å². The highest BCUT2D eigenvalue weighted by Gasteiger charge is 2.19. The average molecular weight is 413 g/mol. The first-order valence-corrected chi connectivity index (χ1v) is 7.34. The largest absolute Gasteiger partial charge is 0.207 e. The Kier molecular flexibility index (Phi) is 4.69. The minimum Gasteiger partial charge on any atom is -0.207 e. The predicted molar refractivity (Wildman–Crippen MR) is 83.0 cm³/mol. The van der Waals surface area contributed by atoms with E-state index in [4.69, 9.17) is 23.2 Å². The molecule has 0 heterocycles. The van der Waals surface area contributed by atoms with E-state index in [9.17, 15) is 8.78 Å². The number of alkyl halides is 1. The van der Waals surface area contributed by atoms with Gasteiger partial charge in [0, 0.05) is 14.2 Å². The van der Waals surface area contributed by atoms with Crippen LogP contribution in [0.1, 0.15) is 22.1 Å². The Morgan fingerprint density at radius 3 is 2.42 bits per heavy atom. The van der Waals surface area contributed by atoms with Gasteiger partial charge in [0.25, 0.3) is 0 Å². The van der Waals surface area contributed by atoms with Crippen LogP contribution in [0.25, 0.3) is 0 Å². The van der Waals surface area contributed by atoms with Gasteiger partial charge in [-0.1, -0.05) is 11.6 Å². The maximum Gasteiger partial charge on any atom is 0.128 e. The van der Waals surface area contributed by atoms with E-state index in [1.165, 1.54) is 6.92 Å². The highest BCUT2D eigenvalue weighted by atomic mass is 127. The lowest BCUT2D eigenvalue weighted by Crippen LogP contribution is -2.01. The molecule has 5 heteroatoms. The molecule has 1 unspecified atom stereocenters. The maximum atomic E-state index is 13.9. The molecule has 0 radical (unpaired) electrons. The smallest absolute Gasteiger partial charge is 0.128 e. The molecule has 0 amide bonds. The van der Waals surface area contributed by atoms with Crippen molar-refractivity contribution in [2.75, 3.05) is 0 Å². The Morgan fingerprint density at radius 1 is 1.05 bits per heavy atom. The quantitative estimate of drug-likeness (QED) is 0.428. The van der Waals surface area contributed by atoms with Crippen LogP contribution in [0.3, 0.4) is 0 Å². The first-order chi connectivity index (χ1) is 8.90. The minimum atomic E-state index is -0.777. The first-order valence-electron chi connectivity index (χ1n) is 5.44. The van der Waals surface area contributed by atoms with E-state index >= 15 is 0 Å². The molecule has 1 atom stereocenters. The van der Waals surface area contributed by atoms with Crippen molar-refractivity contribution >= 4 is 45.8 Å². The van der Waals surface area contributed by atoms with Crippen molar-refractivity contribution in [3.63, 3.8) is 0 Å². The summed E-state index contributed by atoms with van der Waals surface area (Å²) in [6.07, 6.45) is 0. The highest BCUT2D eigenvalue weighted by molar-refractivity contribution is 14.1. The van der Waals surface area contributed by atoms with Crippen molar-refractivity contribution < 1.29 is 8.78 Å². The van der Waals surface area contributed by atoms with Crippen LogP contribution >= 0.6 is 45.8 Å². The molecule has 0 nitrogen and oxygen atoms in total. The molecular formula is C14H9Cl2F2I. The van der Waals surface area contributed by atoms with Crippen molar-refractivity contribution in [3.05, 3.63) is 67.2 Å². The number of hydrogen-bond donors (Lipinski definition) is 0.